The molecule has 1 amide bonds. The summed E-state index contributed by atoms with van der Waals surface area (Å²) in [7, 11) is 0. The molecule has 1 unspecified atom stereocenters. The lowest BCUT2D eigenvalue weighted by molar-refractivity contribution is -0.121. The van der Waals surface area contributed by atoms with Crippen LogP contribution in [0.25, 0.3) is 0 Å². The van der Waals surface area contributed by atoms with Gasteiger partial charge in [0, 0.05) is 29.6 Å². The van der Waals surface area contributed by atoms with Gasteiger partial charge in [-0.05, 0) is 42.9 Å². The molecule has 1 aliphatic heterocycles. The van der Waals surface area contributed by atoms with Crippen molar-refractivity contribution in [2.24, 2.45) is 5.92 Å². The van der Waals surface area contributed by atoms with E-state index in [-0.39, 0.29) is 11.8 Å². The Kier molecular flexibility index (Phi) is 4.53. The molecule has 18 heavy (non-hydrogen) atoms. The second-order valence-electron chi connectivity index (χ2n) is 4.64. The maximum Gasteiger partial charge on any atom is 0.230 e. The first-order chi connectivity index (χ1) is 8.72. The van der Waals surface area contributed by atoms with E-state index in [1.165, 1.54) is 0 Å². The molecule has 0 radical (unpaired) electrons. The van der Waals surface area contributed by atoms with E-state index >= 15 is 0 Å². The predicted molar refractivity (Wildman–Crippen MR) is 78.9 cm³/mol. The Morgan fingerprint density at radius 3 is 2.72 bits per heavy atom. The molecule has 1 aliphatic rings. The topological polar surface area (TPSA) is 46.3 Å². The van der Waals surface area contributed by atoms with Crippen LogP contribution in [0.1, 0.15) is 19.8 Å². The number of rotatable bonds is 4. The van der Waals surface area contributed by atoms with Gasteiger partial charge in [0.2, 0.25) is 5.91 Å². The summed E-state index contributed by atoms with van der Waals surface area (Å²) in [6.45, 7) is 2.88. The minimum atomic E-state index is 0.194. The lowest BCUT2D eigenvalue weighted by Crippen LogP contribution is -2.36. The smallest absolute Gasteiger partial charge is 0.230 e. The number of thioether (sulfide) groups is 1. The molecule has 1 atom stereocenters. The third kappa shape index (κ3) is 2.99. The first kappa shape index (κ1) is 13.3. The van der Waals surface area contributed by atoms with Gasteiger partial charge in [-0.15, -0.1) is 0 Å². The molecule has 1 fully saturated rings. The van der Waals surface area contributed by atoms with Crippen LogP contribution < -0.4 is 10.6 Å². The SMILES string of the molecule is CCCN(C(=O)C1CCSC1)c1ccc(N)cc1. The summed E-state index contributed by atoms with van der Waals surface area (Å²) in [5.74, 6) is 2.54. The van der Waals surface area contributed by atoms with Crippen molar-refractivity contribution in [2.75, 3.05) is 28.7 Å². The second-order valence-corrected chi connectivity index (χ2v) is 5.79. The van der Waals surface area contributed by atoms with E-state index in [1.54, 1.807) is 0 Å². The molecule has 3 nitrogen and oxygen atoms in total. The minimum absolute atomic E-state index is 0.194. The fourth-order valence-corrected chi connectivity index (χ4v) is 3.41. The lowest BCUT2D eigenvalue weighted by Gasteiger charge is -2.25. The van der Waals surface area contributed by atoms with E-state index in [0.717, 1.165) is 42.3 Å². The van der Waals surface area contributed by atoms with Gasteiger partial charge in [-0.25, -0.2) is 0 Å². The van der Waals surface area contributed by atoms with E-state index in [2.05, 4.69) is 6.92 Å². The van der Waals surface area contributed by atoms with Crippen LogP contribution in [0.2, 0.25) is 0 Å². The summed E-state index contributed by atoms with van der Waals surface area (Å²) in [6.07, 6.45) is 1.98. The second kappa shape index (κ2) is 6.14. The zero-order chi connectivity index (χ0) is 13.0. The van der Waals surface area contributed by atoms with Crippen molar-refractivity contribution in [3.05, 3.63) is 24.3 Å². The molecule has 1 aromatic carbocycles. The molecular formula is C14H20N2OS. The zero-order valence-corrected chi connectivity index (χ0v) is 11.6. The van der Waals surface area contributed by atoms with Crippen molar-refractivity contribution < 1.29 is 4.79 Å². The summed E-state index contributed by atoms with van der Waals surface area (Å²) < 4.78 is 0. The number of nitrogens with two attached hydrogens (primary N) is 1. The van der Waals surface area contributed by atoms with Crippen LogP contribution in [0.5, 0.6) is 0 Å². The van der Waals surface area contributed by atoms with Crippen molar-refractivity contribution in [3.8, 4) is 0 Å². The number of anilines is 2. The first-order valence-corrected chi connectivity index (χ1v) is 7.62. The number of nitrogen functional groups attached to an aromatic ring is 1. The molecule has 0 aliphatic carbocycles. The quantitative estimate of drug-likeness (QED) is 0.851. The summed E-state index contributed by atoms with van der Waals surface area (Å²) in [5, 5.41) is 0. The normalized spacial score (nSPS) is 18.8. The average Bonchev–Trinajstić information content (AvgIpc) is 2.90. The van der Waals surface area contributed by atoms with E-state index < -0.39 is 0 Å². The summed E-state index contributed by atoms with van der Waals surface area (Å²) in [4.78, 5) is 14.4. The molecule has 0 saturated carbocycles. The Labute approximate surface area is 113 Å². The van der Waals surface area contributed by atoms with Crippen LogP contribution in [0, 0.1) is 5.92 Å². The Bertz CT molecular complexity index is 399. The number of benzene rings is 1. The van der Waals surface area contributed by atoms with Crippen molar-refractivity contribution in [2.45, 2.75) is 19.8 Å². The van der Waals surface area contributed by atoms with Gasteiger partial charge >= 0.3 is 0 Å². The van der Waals surface area contributed by atoms with Crippen LogP contribution in [0.15, 0.2) is 24.3 Å². The Morgan fingerprint density at radius 1 is 1.44 bits per heavy atom. The molecule has 98 valence electrons. The average molecular weight is 264 g/mol. The highest BCUT2D eigenvalue weighted by atomic mass is 32.2. The molecule has 0 aromatic heterocycles. The molecule has 1 aromatic rings. The summed E-state index contributed by atoms with van der Waals surface area (Å²) in [6, 6.07) is 7.58. The third-order valence-corrected chi connectivity index (χ3v) is 4.36. The minimum Gasteiger partial charge on any atom is -0.399 e. The van der Waals surface area contributed by atoms with Gasteiger partial charge in [0.25, 0.3) is 0 Å². The van der Waals surface area contributed by atoms with Crippen LogP contribution in [0.4, 0.5) is 11.4 Å². The van der Waals surface area contributed by atoms with Crippen molar-refractivity contribution in [1.29, 1.82) is 0 Å². The standard InChI is InChI=1S/C14H20N2OS/c1-2-8-16(13-5-3-12(15)4-6-13)14(17)11-7-9-18-10-11/h3-6,11H,2,7-10,15H2,1H3. The number of carbonyl (C=O) groups excluding carboxylic acids is 1. The van der Waals surface area contributed by atoms with Gasteiger partial charge in [0.1, 0.15) is 0 Å². The monoisotopic (exact) mass is 264 g/mol. The van der Waals surface area contributed by atoms with Gasteiger partial charge in [0.15, 0.2) is 0 Å². The van der Waals surface area contributed by atoms with E-state index in [0.29, 0.717) is 0 Å². The molecular weight excluding hydrogens is 244 g/mol. The van der Waals surface area contributed by atoms with Gasteiger partial charge in [0.05, 0.1) is 0 Å². The predicted octanol–water partition coefficient (Wildman–Crippen LogP) is 2.76. The zero-order valence-electron chi connectivity index (χ0n) is 10.8. The van der Waals surface area contributed by atoms with Gasteiger partial charge < -0.3 is 10.6 Å². The maximum absolute atomic E-state index is 12.5. The third-order valence-electron chi connectivity index (χ3n) is 3.20. The molecule has 4 heteroatoms. The van der Waals surface area contributed by atoms with E-state index in [4.69, 9.17) is 5.73 Å². The van der Waals surface area contributed by atoms with Gasteiger partial charge in [-0.2, -0.15) is 11.8 Å². The first-order valence-electron chi connectivity index (χ1n) is 6.47. The van der Waals surface area contributed by atoms with E-state index in [9.17, 15) is 4.79 Å². The van der Waals surface area contributed by atoms with Crippen molar-refractivity contribution in [3.63, 3.8) is 0 Å². The number of carbonyl (C=O) groups is 1. The van der Waals surface area contributed by atoms with Crippen LogP contribution in [-0.4, -0.2) is 24.0 Å². The van der Waals surface area contributed by atoms with Crippen molar-refractivity contribution in [1.82, 2.24) is 0 Å². The van der Waals surface area contributed by atoms with Crippen LogP contribution in [0.3, 0.4) is 0 Å². The molecule has 2 rings (SSSR count). The Morgan fingerprint density at radius 2 is 2.17 bits per heavy atom. The largest absolute Gasteiger partial charge is 0.399 e. The molecule has 2 N–H and O–H groups in total. The van der Waals surface area contributed by atoms with E-state index in [1.807, 2.05) is 40.9 Å². The number of hydrogen-bond donors (Lipinski definition) is 1. The van der Waals surface area contributed by atoms with Crippen LogP contribution in [-0.2, 0) is 4.79 Å². The summed E-state index contributed by atoms with van der Waals surface area (Å²) >= 11 is 1.88. The molecule has 0 spiro atoms. The molecule has 1 saturated heterocycles. The fourth-order valence-electron chi connectivity index (χ4n) is 2.19. The maximum atomic E-state index is 12.5. The molecule has 1 heterocycles. The fraction of sp³-hybridized carbons (Fsp3) is 0.500. The highest BCUT2D eigenvalue weighted by molar-refractivity contribution is 7.99. The Hall–Kier alpha value is -1.16. The van der Waals surface area contributed by atoms with Crippen LogP contribution >= 0.6 is 11.8 Å². The van der Waals surface area contributed by atoms with Crippen molar-refractivity contribution >= 4 is 29.0 Å². The highest BCUT2D eigenvalue weighted by Gasteiger charge is 2.28. The molecule has 0 bridgehead atoms. The highest BCUT2D eigenvalue weighted by Crippen LogP contribution is 2.27. The van der Waals surface area contributed by atoms with Gasteiger partial charge in [-0.1, -0.05) is 6.92 Å². The summed E-state index contributed by atoms with van der Waals surface area (Å²) in [5.41, 5.74) is 7.39. The number of hydrogen-bond acceptors (Lipinski definition) is 3. The number of amides is 1. The lowest BCUT2D eigenvalue weighted by atomic mass is 10.1. The van der Waals surface area contributed by atoms with Gasteiger partial charge in [-0.3, -0.25) is 4.79 Å². The number of nitrogens with zero attached hydrogens (tertiary/aromatic N) is 1. The Balaban J connectivity index is 2.16.